The molecular formula is C28H37ClN7O2P. The van der Waals surface area contributed by atoms with Crippen LogP contribution in [0.3, 0.4) is 0 Å². The van der Waals surface area contributed by atoms with E-state index in [4.69, 9.17) is 20.9 Å². The summed E-state index contributed by atoms with van der Waals surface area (Å²) in [6.45, 7) is 10.7. The van der Waals surface area contributed by atoms with E-state index in [-0.39, 0.29) is 0 Å². The topological polar surface area (TPSA) is 86.8 Å². The summed E-state index contributed by atoms with van der Waals surface area (Å²) in [5, 5.41) is 10.5. The van der Waals surface area contributed by atoms with Crippen LogP contribution in [0.5, 0.6) is 11.5 Å². The number of anilines is 5. The maximum atomic E-state index is 6.44. The van der Waals surface area contributed by atoms with Crippen molar-refractivity contribution in [2.24, 2.45) is 0 Å². The molecule has 2 aliphatic heterocycles. The zero-order valence-corrected chi connectivity index (χ0v) is 24.4. The number of nitrogens with one attached hydrogen (secondary N) is 3. The second kappa shape index (κ2) is 13.0. The van der Waals surface area contributed by atoms with Gasteiger partial charge in [0, 0.05) is 57.1 Å². The van der Waals surface area contributed by atoms with Gasteiger partial charge in [0.15, 0.2) is 5.82 Å². The summed E-state index contributed by atoms with van der Waals surface area (Å²) in [6, 6.07) is 14.7. The number of benzene rings is 2. The zero-order valence-electron chi connectivity index (χ0n) is 22.8. The van der Waals surface area contributed by atoms with E-state index in [9.17, 15) is 0 Å². The molecule has 0 radical (unpaired) electrons. The largest absolute Gasteiger partial charge is 0.494 e. The van der Waals surface area contributed by atoms with E-state index in [0.29, 0.717) is 22.8 Å². The second-order valence-corrected chi connectivity index (χ2v) is 12.1. The third-order valence-corrected chi connectivity index (χ3v) is 7.93. The average Bonchev–Trinajstić information content (AvgIpc) is 2.96. The summed E-state index contributed by atoms with van der Waals surface area (Å²) in [5.74, 6) is 2.40. The van der Waals surface area contributed by atoms with Crippen molar-refractivity contribution < 1.29 is 9.26 Å². The Morgan fingerprint density at radius 2 is 1.72 bits per heavy atom. The van der Waals surface area contributed by atoms with Gasteiger partial charge in [0.2, 0.25) is 5.95 Å². The molecule has 0 spiro atoms. The number of methoxy groups -OCH3 is 1. The van der Waals surface area contributed by atoms with Gasteiger partial charge in [0.25, 0.3) is 0 Å². The van der Waals surface area contributed by atoms with E-state index < -0.39 is 8.15 Å². The van der Waals surface area contributed by atoms with Crippen LogP contribution in [0, 0.1) is 0 Å². The number of hydrogen-bond donors (Lipinski definition) is 3. The van der Waals surface area contributed by atoms with Crippen LogP contribution in [-0.4, -0.2) is 80.6 Å². The third-order valence-electron chi connectivity index (χ3n) is 7.09. The Morgan fingerprint density at radius 1 is 0.974 bits per heavy atom. The molecular weight excluding hydrogens is 533 g/mol. The summed E-state index contributed by atoms with van der Waals surface area (Å²) in [6.07, 6.45) is 3.95. The molecule has 0 bridgehead atoms. The zero-order chi connectivity index (χ0) is 27.2. The van der Waals surface area contributed by atoms with Gasteiger partial charge in [-0.2, -0.15) is 4.98 Å². The van der Waals surface area contributed by atoms with Gasteiger partial charge in [-0.25, -0.2) is 4.98 Å². The molecule has 0 saturated carbocycles. The third kappa shape index (κ3) is 7.03. The smallest absolute Gasteiger partial charge is 0.229 e. The fraction of sp³-hybridized carbons (Fsp3) is 0.429. The fourth-order valence-electron chi connectivity index (χ4n) is 5.13. The van der Waals surface area contributed by atoms with Crippen molar-refractivity contribution in [3.05, 3.63) is 53.7 Å². The number of piperazine rings is 1. The number of piperidine rings is 1. The number of rotatable bonds is 9. The first-order chi connectivity index (χ1) is 19.0. The van der Waals surface area contributed by atoms with Crippen LogP contribution in [0.2, 0.25) is 5.02 Å². The Bertz CT molecular complexity index is 1250. The lowest BCUT2D eigenvalue weighted by molar-refractivity contribution is 0.150. The van der Waals surface area contributed by atoms with Crippen molar-refractivity contribution in [2.75, 3.05) is 75.2 Å². The lowest BCUT2D eigenvalue weighted by atomic mass is 10.0. The summed E-state index contributed by atoms with van der Waals surface area (Å²) >= 11 is 6.44. The first-order valence-electron chi connectivity index (χ1n) is 13.4. The van der Waals surface area contributed by atoms with Crippen LogP contribution in [0.1, 0.15) is 12.8 Å². The van der Waals surface area contributed by atoms with Gasteiger partial charge >= 0.3 is 0 Å². The van der Waals surface area contributed by atoms with Gasteiger partial charge in [0.1, 0.15) is 16.5 Å². The highest BCUT2D eigenvalue weighted by atomic mass is 35.5. The Kier molecular flexibility index (Phi) is 9.24. The van der Waals surface area contributed by atoms with E-state index in [1.165, 1.54) is 18.5 Å². The highest BCUT2D eigenvalue weighted by Gasteiger charge is 2.26. The van der Waals surface area contributed by atoms with Crippen molar-refractivity contribution in [1.82, 2.24) is 20.2 Å². The van der Waals surface area contributed by atoms with Gasteiger partial charge in [-0.05, 0) is 50.4 Å². The molecule has 0 aliphatic carbocycles. The van der Waals surface area contributed by atoms with E-state index >= 15 is 0 Å². The number of hydrogen-bond acceptors (Lipinski definition) is 9. The Morgan fingerprint density at radius 3 is 2.46 bits per heavy atom. The molecule has 2 aromatic carbocycles. The predicted octanol–water partition coefficient (Wildman–Crippen LogP) is 5.54. The number of para-hydroxylation sites is 2. The van der Waals surface area contributed by atoms with Crippen LogP contribution in [0.15, 0.2) is 48.7 Å². The maximum absolute atomic E-state index is 6.44. The van der Waals surface area contributed by atoms with E-state index in [2.05, 4.69) is 61.2 Å². The molecule has 3 N–H and O–H groups in total. The monoisotopic (exact) mass is 569 g/mol. The maximum Gasteiger partial charge on any atom is 0.229 e. The van der Waals surface area contributed by atoms with Crippen molar-refractivity contribution >= 4 is 48.6 Å². The number of halogens is 1. The number of aromatic nitrogens is 2. The lowest BCUT2D eigenvalue weighted by Gasteiger charge is -2.41. The average molecular weight is 570 g/mol. The SMILES string of the molecule is COc1cc(N2CCC(N3CCNCC3)CC2)ccc1Nc1ncc(Cl)c(Nc2ccccc2OP(C)C)n1. The molecule has 1 aromatic heterocycles. The second-order valence-electron chi connectivity index (χ2n) is 9.93. The highest BCUT2D eigenvalue weighted by molar-refractivity contribution is 7.51. The number of nitrogens with zero attached hydrogens (tertiary/aromatic N) is 4. The molecule has 9 nitrogen and oxygen atoms in total. The standard InChI is InChI=1S/C28H37ClN7O2P/c1-37-26-18-21(35-14-10-20(11-15-35)36-16-12-30-13-17-36)8-9-24(26)33-28-31-19-22(29)27(34-28)32-23-6-4-5-7-25(23)38-39(2)3/h4-9,18-20,30H,10-17H2,1-3H3,(H2,31,32,33,34). The summed E-state index contributed by atoms with van der Waals surface area (Å²) in [7, 11) is 1.11. The van der Waals surface area contributed by atoms with Crippen LogP contribution >= 0.6 is 19.7 Å². The van der Waals surface area contributed by atoms with Crippen molar-refractivity contribution in [3.8, 4) is 11.5 Å². The molecule has 0 atom stereocenters. The van der Waals surface area contributed by atoms with E-state index in [1.807, 2.05) is 30.3 Å². The normalized spacial score (nSPS) is 16.8. The first kappa shape index (κ1) is 27.7. The Hall–Kier alpha value is -2.84. The Balaban J connectivity index is 1.27. The molecule has 2 aliphatic rings. The lowest BCUT2D eigenvalue weighted by Crippen LogP contribution is -2.52. The molecule has 3 heterocycles. The van der Waals surface area contributed by atoms with Crippen molar-refractivity contribution in [1.29, 1.82) is 0 Å². The molecule has 208 valence electrons. The Labute approximate surface area is 237 Å². The molecule has 0 unspecified atom stereocenters. The highest BCUT2D eigenvalue weighted by Crippen LogP contribution is 2.38. The summed E-state index contributed by atoms with van der Waals surface area (Å²) in [4.78, 5) is 14.1. The van der Waals surface area contributed by atoms with Gasteiger partial charge in [-0.15, -0.1) is 0 Å². The summed E-state index contributed by atoms with van der Waals surface area (Å²) < 4.78 is 11.7. The van der Waals surface area contributed by atoms with Crippen molar-refractivity contribution in [2.45, 2.75) is 18.9 Å². The molecule has 39 heavy (non-hydrogen) atoms. The minimum Gasteiger partial charge on any atom is -0.494 e. The molecule has 2 fully saturated rings. The fourth-order valence-corrected chi connectivity index (χ4v) is 5.82. The molecule has 3 aromatic rings. The van der Waals surface area contributed by atoms with E-state index in [0.717, 1.165) is 62.1 Å². The van der Waals surface area contributed by atoms with E-state index in [1.54, 1.807) is 13.3 Å². The van der Waals surface area contributed by atoms with Crippen LogP contribution in [0.25, 0.3) is 0 Å². The van der Waals surface area contributed by atoms with Crippen LogP contribution in [0.4, 0.5) is 28.8 Å². The molecule has 0 amide bonds. The van der Waals surface area contributed by atoms with Gasteiger partial charge in [0.05, 0.1) is 32.8 Å². The minimum atomic E-state index is -0.574. The van der Waals surface area contributed by atoms with Crippen molar-refractivity contribution in [3.63, 3.8) is 0 Å². The molecule has 11 heteroatoms. The van der Waals surface area contributed by atoms with Crippen LogP contribution < -0.4 is 30.1 Å². The van der Waals surface area contributed by atoms with Gasteiger partial charge < -0.3 is 30.1 Å². The molecule has 5 rings (SSSR count). The molecule has 2 saturated heterocycles. The van der Waals surface area contributed by atoms with Crippen LogP contribution in [-0.2, 0) is 0 Å². The summed E-state index contributed by atoms with van der Waals surface area (Å²) in [5.41, 5.74) is 2.75. The quantitative estimate of drug-likeness (QED) is 0.288. The van der Waals surface area contributed by atoms with Gasteiger partial charge in [-0.1, -0.05) is 23.7 Å². The first-order valence-corrected chi connectivity index (χ1v) is 15.9. The predicted molar refractivity (Wildman–Crippen MR) is 162 cm³/mol. The minimum absolute atomic E-state index is 0.413. The number of ether oxygens (including phenoxy) is 1. The van der Waals surface area contributed by atoms with Gasteiger partial charge in [-0.3, -0.25) is 4.90 Å².